The SMILES string of the molecule is COc1cccc(NC(=O)[C@H](C)NC(=O)N2CCN(C(=O)CCCc3c[nH]c4ccccc34)CC2)c1. The van der Waals surface area contributed by atoms with Gasteiger partial charge in [0.05, 0.1) is 7.11 Å². The maximum atomic E-state index is 12.7. The Labute approximate surface area is 210 Å². The molecule has 1 atom stereocenters. The monoisotopic (exact) mass is 491 g/mol. The maximum absolute atomic E-state index is 12.7. The first-order valence-corrected chi connectivity index (χ1v) is 12.3. The zero-order valence-electron chi connectivity index (χ0n) is 20.8. The molecule has 2 aromatic carbocycles. The van der Waals surface area contributed by atoms with E-state index in [0.29, 0.717) is 44.0 Å². The van der Waals surface area contributed by atoms with E-state index in [9.17, 15) is 14.4 Å². The molecule has 1 aromatic heterocycles. The number of para-hydroxylation sites is 1. The first-order valence-electron chi connectivity index (χ1n) is 12.3. The van der Waals surface area contributed by atoms with Gasteiger partial charge in [-0.2, -0.15) is 0 Å². The second kappa shape index (κ2) is 11.6. The summed E-state index contributed by atoms with van der Waals surface area (Å²) in [4.78, 5) is 44.6. The van der Waals surface area contributed by atoms with Gasteiger partial charge in [0, 0.05) is 61.5 Å². The molecule has 4 amide bonds. The normalized spacial score (nSPS) is 14.4. The predicted molar refractivity (Wildman–Crippen MR) is 139 cm³/mol. The predicted octanol–water partition coefficient (Wildman–Crippen LogP) is 3.38. The molecule has 0 bridgehead atoms. The molecular weight excluding hydrogens is 458 g/mol. The number of piperazine rings is 1. The lowest BCUT2D eigenvalue weighted by molar-refractivity contribution is -0.132. The summed E-state index contributed by atoms with van der Waals surface area (Å²) in [7, 11) is 1.56. The summed E-state index contributed by atoms with van der Waals surface area (Å²) < 4.78 is 5.16. The fraction of sp³-hybridized carbons (Fsp3) is 0.370. The number of urea groups is 1. The number of methoxy groups -OCH3 is 1. The van der Waals surface area contributed by atoms with Crippen molar-refractivity contribution in [3.8, 4) is 5.75 Å². The van der Waals surface area contributed by atoms with Crippen molar-refractivity contribution in [2.24, 2.45) is 0 Å². The molecule has 1 saturated heterocycles. The fourth-order valence-corrected chi connectivity index (χ4v) is 4.38. The highest BCUT2D eigenvalue weighted by atomic mass is 16.5. The topological polar surface area (TPSA) is 107 Å². The van der Waals surface area contributed by atoms with Crippen molar-refractivity contribution in [3.63, 3.8) is 0 Å². The lowest BCUT2D eigenvalue weighted by Crippen LogP contribution is -2.55. The Hall–Kier alpha value is -4.01. The molecule has 4 rings (SSSR count). The minimum absolute atomic E-state index is 0.112. The summed E-state index contributed by atoms with van der Waals surface area (Å²) in [5.74, 6) is 0.427. The van der Waals surface area contributed by atoms with Crippen molar-refractivity contribution in [2.75, 3.05) is 38.6 Å². The molecule has 0 saturated carbocycles. The summed E-state index contributed by atoms with van der Waals surface area (Å²) in [5.41, 5.74) is 2.93. The van der Waals surface area contributed by atoms with Crippen LogP contribution >= 0.6 is 0 Å². The van der Waals surface area contributed by atoms with Crippen LogP contribution in [0.15, 0.2) is 54.7 Å². The number of hydrogen-bond acceptors (Lipinski definition) is 4. The zero-order chi connectivity index (χ0) is 25.5. The first kappa shape index (κ1) is 25.1. The number of amides is 4. The number of nitrogens with zero attached hydrogens (tertiary/aromatic N) is 2. The second-order valence-electron chi connectivity index (χ2n) is 8.97. The van der Waals surface area contributed by atoms with E-state index in [4.69, 9.17) is 4.74 Å². The highest BCUT2D eigenvalue weighted by molar-refractivity contribution is 5.96. The van der Waals surface area contributed by atoms with Gasteiger partial charge in [0.15, 0.2) is 0 Å². The van der Waals surface area contributed by atoms with Gasteiger partial charge in [-0.15, -0.1) is 0 Å². The number of nitrogens with one attached hydrogen (secondary N) is 3. The average Bonchev–Trinajstić information content (AvgIpc) is 3.31. The van der Waals surface area contributed by atoms with Gasteiger partial charge >= 0.3 is 6.03 Å². The van der Waals surface area contributed by atoms with Gasteiger partial charge in [0.2, 0.25) is 11.8 Å². The number of fused-ring (bicyclic) bond motifs is 1. The number of aromatic amines is 1. The number of anilines is 1. The molecule has 36 heavy (non-hydrogen) atoms. The summed E-state index contributed by atoms with van der Waals surface area (Å²) in [6.07, 6.45) is 4.12. The van der Waals surface area contributed by atoms with E-state index in [1.807, 2.05) is 29.3 Å². The number of aromatic nitrogens is 1. The van der Waals surface area contributed by atoms with Crippen molar-refractivity contribution in [3.05, 3.63) is 60.3 Å². The van der Waals surface area contributed by atoms with Crippen LogP contribution in [-0.4, -0.2) is 72.0 Å². The Bertz CT molecular complexity index is 1220. The minimum atomic E-state index is -0.715. The van der Waals surface area contributed by atoms with Gasteiger partial charge in [-0.25, -0.2) is 4.79 Å². The summed E-state index contributed by atoms with van der Waals surface area (Å²) in [6.45, 7) is 3.49. The number of benzene rings is 2. The third-order valence-electron chi connectivity index (χ3n) is 6.50. The van der Waals surface area contributed by atoms with Crippen LogP contribution in [0.2, 0.25) is 0 Å². The van der Waals surface area contributed by atoms with Crippen molar-refractivity contribution in [1.29, 1.82) is 0 Å². The Morgan fingerprint density at radius 2 is 1.78 bits per heavy atom. The van der Waals surface area contributed by atoms with Gasteiger partial charge < -0.3 is 30.2 Å². The molecule has 1 aliphatic rings. The van der Waals surface area contributed by atoms with E-state index in [1.165, 1.54) is 10.9 Å². The zero-order valence-corrected chi connectivity index (χ0v) is 20.8. The summed E-state index contributed by atoms with van der Waals surface area (Å²) in [6, 6.07) is 14.2. The molecule has 0 radical (unpaired) electrons. The lowest BCUT2D eigenvalue weighted by atomic mass is 10.1. The molecule has 190 valence electrons. The van der Waals surface area contributed by atoms with Crippen LogP contribution in [0.3, 0.4) is 0 Å². The van der Waals surface area contributed by atoms with Crippen LogP contribution in [0.1, 0.15) is 25.3 Å². The third-order valence-corrected chi connectivity index (χ3v) is 6.50. The number of hydrogen-bond donors (Lipinski definition) is 3. The number of aryl methyl sites for hydroxylation is 1. The number of ether oxygens (including phenoxy) is 1. The maximum Gasteiger partial charge on any atom is 0.318 e. The Morgan fingerprint density at radius 1 is 1.03 bits per heavy atom. The molecule has 3 N–H and O–H groups in total. The van der Waals surface area contributed by atoms with Gasteiger partial charge in [-0.1, -0.05) is 24.3 Å². The smallest absolute Gasteiger partial charge is 0.318 e. The molecule has 1 aliphatic heterocycles. The van der Waals surface area contributed by atoms with Crippen molar-refractivity contribution < 1.29 is 19.1 Å². The molecule has 9 heteroatoms. The van der Waals surface area contributed by atoms with E-state index in [2.05, 4.69) is 21.7 Å². The van der Waals surface area contributed by atoms with E-state index in [-0.39, 0.29) is 17.8 Å². The molecular formula is C27H33N5O4. The molecule has 0 unspecified atom stereocenters. The van der Waals surface area contributed by atoms with Gasteiger partial charge in [0.1, 0.15) is 11.8 Å². The van der Waals surface area contributed by atoms with Crippen LogP contribution < -0.4 is 15.4 Å². The summed E-state index contributed by atoms with van der Waals surface area (Å²) in [5, 5.41) is 6.73. The molecule has 2 heterocycles. The van der Waals surface area contributed by atoms with Gasteiger partial charge in [0.25, 0.3) is 0 Å². The van der Waals surface area contributed by atoms with Gasteiger partial charge in [-0.05, 0) is 43.5 Å². The van der Waals surface area contributed by atoms with Crippen LogP contribution in [0.5, 0.6) is 5.75 Å². The molecule has 9 nitrogen and oxygen atoms in total. The van der Waals surface area contributed by atoms with E-state index in [1.54, 1.807) is 43.2 Å². The quantitative estimate of drug-likeness (QED) is 0.449. The van der Waals surface area contributed by atoms with Crippen LogP contribution in [0.4, 0.5) is 10.5 Å². The van der Waals surface area contributed by atoms with Crippen molar-refractivity contribution in [2.45, 2.75) is 32.2 Å². The number of rotatable bonds is 8. The minimum Gasteiger partial charge on any atom is -0.497 e. The highest BCUT2D eigenvalue weighted by Gasteiger charge is 2.26. The van der Waals surface area contributed by atoms with Crippen LogP contribution in [0.25, 0.3) is 10.9 Å². The van der Waals surface area contributed by atoms with Gasteiger partial charge in [-0.3, -0.25) is 9.59 Å². The Kier molecular flexibility index (Phi) is 8.10. The average molecular weight is 492 g/mol. The second-order valence-corrected chi connectivity index (χ2v) is 8.97. The van der Waals surface area contributed by atoms with E-state index in [0.717, 1.165) is 18.4 Å². The Balaban J connectivity index is 1.18. The molecule has 0 spiro atoms. The van der Waals surface area contributed by atoms with E-state index >= 15 is 0 Å². The van der Waals surface area contributed by atoms with E-state index < -0.39 is 6.04 Å². The molecule has 1 fully saturated rings. The number of H-pyrrole nitrogens is 1. The highest BCUT2D eigenvalue weighted by Crippen LogP contribution is 2.20. The number of carbonyl (C=O) groups excluding carboxylic acids is 3. The summed E-state index contributed by atoms with van der Waals surface area (Å²) >= 11 is 0. The fourth-order valence-electron chi connectivity index (χ4n) is 4.38. The lowest BCUT2D eigenvalue weighted by Gasteiger charge is -2.35. The standard InChI is InChI=1S/C27H33N5O4/c1-19(26(34)30-21-8-6-9-22(17-21)36-2)29-27(35)32-15-13-31(14-16-32)25(33)12-5-7-20-18-28-24-11-4-3-10-23(20)24/h3-4,6,8-11,17-19,28H,5,7,12-16H2,1-2H3,(H,29,35)(H,30,34)/t19-/m0/s1. The number of carbonyl (C=O) groups is 3. The third kappa shape index (κ3) is 6.16. The molecule has 0 aliphatic carbocycles. The Morgan fingerprint density at radius 3 is 2.56 bits per heavy atom. The largest absolute Gasteiger partial charge is 0.497 e. The van der Waals surface area contributed by atoms with Crippen LogP contribution in [0, 0.1) is 0 Å². The molecule has 3 aromatic rings. The first-order chi connectivity index (χ1) is 17.4. The van der Waals surface area contributed by atoms with Crippen molar-refractivity contribution >= 4 is 34.4 Å². The van der Waals surface area contributed by atoms with Crippen LogP contribution in [-0.2, 0) is 16.0 Å². The van der Waals surface area contributed by atoms with Crippen molar-refractivity contribution in [1.82, 2.24) is 20.1 Å².